The lowest BCUT2D eigenvalue weighted by molar-refractivity contribution is -0.139. The summed E-state index contributed by atoms with van der Waals surface area (Å²) in [5, 5.41) is 0. The van der Waals surface area contributed by atoms with Crippen LogP contribution in [-0.2, 0) is 4.79 Å². The second kappa shape index (κ2) is 3.08. The molecule has 0 unspecified atom stereocenters. The molecule has 1 saturated heterocycles. The van der Waals surface area contributed by atoms with Crippen LogP contribution in [0.5, 0.6) is 0 Å². The number of piperidine rings is 1. The van der Waals surface area contributed by atoms with E-state index in [4.69, 9.17) is 0 Å². The maximum atomic E-state index is 11.6. The third-order valence-corrected chi connectivity index (χ3v) is 2.60. The van der Waals surface area contributed by atoms with Crippen molar-refractivity contribution in [2.45, 2.75) is 46.6 Å². The van der Waals surface area contributed by atoms with Crippen molar-refractivity contribution in [2.24, 2.45) is 5.41 Å². The van der Waals surface area contributed by atoms with Crippen LogP contribution in [-0.4, -0.2) is 23.4 Å². The van der Waals surface area contributed by atoms with Gasteiger partial charge in [-0.25, -0.2) is 0 Å². The Morgan fingerprint density at radius 2 is 2.00 bits per heavy atom. The number of amides is 1. The first-order valence-corrected chi connectivity index (χ1v) is 4.72. The van der Waals surface area contributed by atoms with Crippen molar-refractivity contribution in [1.29, 1.82) is 0 Å². The first-order chi connectivity index (χ1) is 5.42. The average molecular weight is 169 g/mol. The summed E-state index contributed by atoms with van der Waals surface area (Å²) in [6.07, 6.45) is 1.85. The average Bonchev–Trinajstić information content (AvgIpc) is 1.83. The van der Waals surface area contributed by atoms with Crippen molar-refractivity contribution in [3.63, 3.8) is 0 Å². The normalized spacial score (nSPS) is 23.4. The number of nitrogens with zero attached hydrogens (tertiary/aromatic N) is 1. The van der Waals surface area contributed by atoms with E-state index in [1.165, 1.54) is 0 Å². The molecule has 1 amide bonds. The Morgan fingerprint density at radius 1 is 1.42 bits per heavy atom. The van der Waals surface area contributed by atoms with Crippen LogP contribution in [0, 0.1) is 5.41 Å². The van der Waals surface area contributed by atoms with Crippen LogP contribution in [0.4, 0.5) is 0 Å². The molecule has 2 nitrogen and oxygen atoms in total. The topological polar surface area (TPSA) is 20.3 Å². The fourth-order valence-electron chi connectivity index (χ4n) is 1.69. The first-order valence-electron chi connectivity index (χ1n) is 4.72. The van der Waals surface area contributed by atoms with Crippen molar-refractivity contribution in [3.8, 4) is 0 Å². The molecule has 0 aromatic rings. The van der Waals surface area contributed by atoms with E-state index in [2.05, 4.69) is 27.7 Å². The molecule has 0 aromatic carbocycles. The highest BCUT2D eigenvalue weighted by Gasteiger charge is 2.32. The highest BCUT2D eigenvalue weighted by molar-refractivity contribution is 5.77. The number of hydrogen-bond donors (Lipinski definition) is 0. The van der Waals surface area contributed by atoms with E-state index in [-0.39, 0.29) is 5.41 Å². The van der Waals surface area contributed by atoms with Gasteiger partial charge in [-0.2, -0.15) is 0 Å². The molecule has 1 rings (SSSR count). The molecule has 1 aliphatic rings. The van der Waals surface area contributed by atoms with E-state index in [1.54, 1.807) is 0 Å². The second-order valence-corrected chi connectivity index (χ2v) is 4.77. The van der Waals surface area contributed by atoms with Gasteiger partial charge in [-0.15, -0.1) is 0 Å². The van der Waals surface area contributed by atoms with E-state index in [0.717, 1.165) is 13.0 Å². The van der Waals surface area contributed by atoms with Crippen LogP contribution in [0.2, 0.25) is 0 Å². The highest BCUT2D eigenvalue weighted by atomic mass is 16.2. The molecular weight excluding hydrogens is 150 g/mol. The quantitative estimate of drug-likeness (QED) is 0.588. The molecule has 0 aliphatic carbocycles. The molecule has 0 N–H and O–H groups in total. The highest BCUT2D eigenvalue weighted by Crippen LogP contribution is 2.31. The van der Waals surface area contributed by atoms with Gasteiger partial charge in [0.25, 0.3) is 0 Å². The van der Waals surface area contributed by atoms with Crippen molar-refractivity contribution in [1.82, 2.24) is 4.90 Å². The van der Waals surface area contributed by atoms with E-state index in [1.807, 2.05) is 4.90 Å². The fourth-order valence-corrected chi connectivity index (χ4v) is 1.69. The van der Waals surface area contributed by atoms with Gasteiger partial charge in [-0.1, -0.05) is 13.8 Å². The van der Waals surface area contributed by atoms with Crippen LogP contribution >= 0.6 is 0 Å². The largest absolute Gasteiger partial charge is 0.340 e. The molecule has 1 fully saturated rings. The van der Waals surface area contributed by atoms with Gasteiger partial charge < -0.3 is 4.90 Å². The smallest absolute Gasteiger partial charge is 0.223 e. The Hall–Kier alpha value is -0.530. The zero-order chi connectivity index (χ0) is 9.35. The van der Waals surface area contributed by atoms with Gasteiger partial charge in [-0.3, -0.25) is 4.79 Å². The zero-order valence-electron chi connectivity index (χ0n) is 8.55. The van der Waals surface area contributed by atoms with Gasteiger partial charge in [0, 0.05) is 19.0 Å². The summed E-state index contributed by atoms with van der Waals surface area (Å²) in [5.74, 6) is 0.321. The summed E-state index contributed by atoms with van der Waals surface area (Å²) in [4.78, 5) is 13.6. The Morgan fingerprint density at radius 3 is 2.42 bits per heavy atom. The summed E-state index contributed by atoms with van der Waals surface area (Å²) in [5.41, 5.74) is 0.225. The maximum absolute atomic E-state index is 11.6. The Kier molecular flexibility index (Phi) is 2.45. The SMILES string of the molecule is CC(C)N1CCC(C)(C)CC1=O. The third kappa shape index (κ3) is 1.99. The molecule has 0 aromatic heterocycles. The predicted octanol–water partition coefficient (Wildman–Crippen LogP) is 2.04. The number of carbonyl (C=O) groups excluding carboxylic acids is 1. The molecule has 0 spiro atoms. The second-order valence-electron chi connectivity index (χ2n) is 4.77. The van der Waals surface area contributed by atoms with Crippen LogP contribution in [0.15, 0.2) is 0 Å². The fraction of sp³-hybridized carbons (Fsp3) is 0.900. The van der Waals surface area contributed by atoms with E-state index < -0.39 is 0 Å². The molecule has 70 valence electrons. The van der Waals surface area contributed by atoms with Gasteiger partial charge in [0.2, 0.25) is 5.91 Å². The van der Waals surface area contributed by atoms with Gasteiger partial charge in [-0.05, 0) is 25.7 Å². The van der Waals surface area contributed by atoms with E-state index >= 15 is 0 Å². The Bertz CT molecular complexity index is 184. The Labute approximate surface area is 74.9 Å². The van der Waals surface area contributed by atoms with Crippen molar-refractivity contribution in [2.75, 3.05) is 6.54 Å². The summed E-state index contributed by atoms with van der Waals surface area (Å²) >= 11 is 0. The number of rotatable bonds is 1. The minimum absolute atomic E-state index is 0.225. The number of hydrogen-bond acceptors (Lipinski definition) is 1. The summed E-state index contributed by atoms with van der Waals surface area (Å²) in [6, 6.07) is 0.369. The molecule has 0 radical (unpaired) electrons. The molecule has 1 aliphatic heterocycles. The molecule has 0 atom stereocenters. The van der Waals surface area contributed by atoms with Crippen molar-refractivity contribution < 1.29 is 4.79 Å². The molecule has 0 saturated carbocycles. The minimum atomic E-state index is 0.225. The van der Waals surface area contributed by atoms with Gasteiger partial charge in [0.15, 0.2) is 0 Å². The Balaban J connectivity index is 2.60. The summed E-state index contributed by atoms with van der Waals surface area (Å²) < 4.78 is 0. The molecule has 12 heavy (non-hydrogen) atoms. The van der Waals surface area contributed by atoms with Gasteiger partial charge in [0.1, 0.15) is 0 Å². The summed E-state index contributed by atoms with van der Waals surface area (Å²) in [6.45, 7) is 9.43. The van der Waals surface area contributed by atoms with Crippen LogP contribution in [0.3, 0.4) is 0 Å². The molecule has 0 bridgehead atoms. The zero-order valence-corrected chi connectivity index (χ0v) is 8.55. The van der Waals surface area contributed by atoms with Crippen molar-refractivity contribution >= 4 is 5.91 Å². The van der Waals surface area contributed by atoms with E-state index in [9.17, 15) is 4.79 Å². The summed E-state index contributed by atoms with van der Waals surface area (Å²) in [7, 11) is 0. The third-order valence-electron chi connectivity index (χ3n) is 2.60. The van der Waals surface area contributed by atoms with E-state index in [0.29, 0.717) is 18.4 Å². The minimum Gasteiger partial charge on any atom is -0.340 e. The van der Waals surface area contributed by atoms with Gasteiger partial charge >= 0.3 is 0 Å². The maximum Gasteiger partial charge on any atom is 0.223 e. The molecule has 2 heteroatoms. The lowest BCUT2D eigenvalue weighted by atomic mass is 9.82. The van der Waals surface area contributed by atoms with Gasteiger partial charge in [0.05, 0.1) is 0 Å². The standard InChI is InChI=1S/C10H19NO/c1-8(2)11-6-5-10(3,4)7-9(11)12/h8H,5-7H2,1-4H3. The molecule has 1 heterocycles. The lowest BCUT2D eigenvalue weighted by Gasteiger charge is -2.38. The predicted molar refractivity (Wildman–Crippen MR) is 49.9 cm³/mol. The van der Waals surface area contributed by atoms with Crippen LogP contribution in [0.1, 0.15) is 40.5 Å². The lowest BCUT2D eigenvalue weighted by Crippen LogP contribution is -2.45. The van der Waals surface area contributed by atoms with Crippen LogP contribution < -0.4 is 0 Å². The van der Waals surface area contributed by atoms with Crippen molar-refractivity contribution in [3.05, 3.63) is 0 Å². The van der Waals surface area contributed by atoms with Crippen LogP contribution in [0.25, 0.3) is 0 Å². The number of likely N-dealkylation sites (tertiary alicyclic amines) is 1. The molecular formula is C10H19NO. The first kappa shape index (κ1) is 9.56. The monoisotopic (exact) mass is 169 g/mol. The number of carbonyl (C=O) groups is 1.